The number of H-pyrrole nitrogens is 1. The molecule has 1 aliphatic rings. The number of carbonyl (C=O) groups excluding carboxylic acids is 1. The Balaban J connectivity index is 2.00. The van der Waals surface area contributed by atoms with Gasteiger partial charge in [0.2, 0.25) is 0 Å². The molecule has 0 saturated heterocycles. The molecule has 1 N–H and O–H groups in total. The van der Waals surface area contributed by atoms with Crippen molar-refractivity contribution < 1.29 is 18.0 Å². The first-order valence-electron chi connectivity index (χ1n) is 7.85. The summed E-state index contributed by atoms with van der Waals surface area (Å²) in [5, 5.41) is 0. The van der Waals surface area contributed by atoms with Crippen LogP contribution in [-0.2, 0) is 6.18 Å². The first-order chi connectivity index (χ1) is 10.8. The van der Waals surface area contributed by atoms with E-state index >= 15 is 0 Å². The number of hydrogen-bond acceptors (Lipinski definition) is 2. The third-order valence-electron chi connectivity index (χ3n) is 4.39. The maximum absolute atomic E-state index is 12.5. The Morgan fingerprint density at radius 2 is 1.91 bits per heavy atom. The summed E-state index contributed by atoms with van der Waals surface area (Å²) in [4.78, 5) is 27.1. The Morgan fingerprint density at radius 3 is 2.48 bits per heavy atom. The second kappa shape index (κ2) is 7.19. The number of carbonyl (C=O) groups is 1. The fourth-order valence-corrected chi connectivity index (χ4v) is 2.97. The van der Waals surface area contributed by atoms with Crippen LogP contribution in [0.1, 0.15) is 54.6 Å². The molecule has 1 aromatic rings. The molecule has 1 saturated carbocycles. The third kappa shape index (κ3) is 4.59. The average molecular weight is 330 g/mol. The van der Waals surface area contributed by atoms with Crippen LogP contribution < -0.4 is 5.56 Å². The second-order valence-corrected chi connectivity index (χ2v) is 6.13. The van der Waals surface area contributed by atoms with Crippen molar-refractivity contribution in [2.45, 2.75) is 44.7 Å². The van der Waals surface area contributed by atoms with Crippen LogP contribution in [0.3, 0.4) is 0 Å². The van der Waals surface area contributed by atoms with Crippen LogP contribution in [0.4, 0.5) is 13.2 Å². The van der Waals surface area contributed by atoms with Crippen LogP contribution in [0, 0.1) is 5.92 Å². The molecule has 2 rings (SSSR count). The van der Waals surface area contributed by atoms with Crippen molar-refractivity contribution in [3.8, 4) is 0 Å². The van der Waals surface area contributed by atoms with E-state index in [9.17, 15) is 22.8 Å². The molecule has 0 aliphatic heterocycles. The van der Waals surface area contributed by atoms with E-state index in [0.29, 0.717) is 12.5 Å². The molecule has 7 heteroatoms. The zero-order chi connectivity index (χ0) is 17.0. The third-order valence-corrected chi connectivity index (χ3v) is 4.39. The zero-order valence-electron chi connectivity index (χ0n) is 13.1. The van der Waals surface area contributed by atoms with Gasteiger partial charge in [0.15, 0.2) is 0 Å². The molecule has 0 unspecified atom stereocenters. The molecular weight excluding hydrogens is 309 g/mol. The highest BCUT2D eigenvalue weighted by molar-refractivity contribution is 5.93. The standard InChI is InChI=1S/C16H21F3N2O2/c1-21(10-9-11-5-3-2-4-6-11)15(23)12-7-8-13(16(17,18)19)20-14(12)22/h7-8,11H,2-6,9-10H2,1H3,(H,20,22). The topological polar surface area (TPSA) is 53.2 Å². The van der Waals surface area contributed by atoms with E-state index in [0.717, 1.165) is 31.4 Å². The summed E-state index contributed by atoms with van der Waals surface area (Å²) in [5.41, 5.74) is -2.41. The number of aromatic nitrogens is 1. The Hall–Kier alpha value is -1.79. The Bertz CT molecular complexity index is 604. The van der Waals surface area contributed by atoms with E-state index < -0.39 is 23.3 Å². The van der Waals surface area contributed by atoms with Gasteiger partial charge in [-0.3, -0.25) is 9.59 Å². The van der Waals surface area contributed by atoms with Crippen molar-refractivity contribution in [3.05, 3.63) is 33.7 Å². The average Bonchev–Trinajstić information content (AvgIpc) is 2.52. The molecule has 1 aliphatic carbocycles. The van der Waals surface area contributed by atoms with Gasteiger partial charge in [-0.05, 0) is 24.5 Å². The maximum Gasteiger partial charge on any atom is 0.431 e. The number of rotatable bonds is 4. The van der Waals surface area contributed by atoms with Gasteiger partial charge in [0, 0.05) is 13.6 Å². The SMILES string of the molecule is CN(CCC1CCCCC1)C(=O)c1ccc(C(F)(F)F)[nH]c1=O. The van der Waals surface area contributed by atoms with Crippen molar-refractivity contribution >= 4 is 5.91 Å². The van der Waals surface area contributed by atoms with E-state index in [2.05, 4.69) is 0 Å². The first kappa shape index (κ1) is 17.6. The maximum atomic E-state index is 12.5. The molecule has 0 radical (unpaired) electrons. The van der Waals surface area contributed by atoms with Gasteiger partial charge >= 0.3 is 6.18 Å². The summed E-state index contributed by atoms with van der Waals surface area (Å²) in [6.07, 6.45) is 2.22. The number of nitrogens with one attached hydrogen (secondary N) is 1. The quantitative estimate of drug-likeness (QED) is 0.919. The molecule has 1 aromatic heterocycles. The van der Waals surface area contributed by atoms with Crippen molar-refractivity contribution in [2.24, 2.45) is 5.92 Å². The van der Waals surface area contributed by atoms with Gasteiger partial charge in [0.1, 0.15) is 11.3 Å². The predicted octanol–water partition coefficient (Wildman–Crippen LogP) is 3.44. The van der Waals surface area contributed by atoms with Crippen molar-refractivity contribution in [1.82, 2.24) is 9.88 Å². The molecule has 0 aromatic carbocycles. The molecule has 0 atom stereocenters. The number of aromatic amines is 1. The molecule has 1 fully saturated rings. The van der Waals surface area contributed by atoms with Crippen LogP contribution >= 0.6 is 0 Å². The van der Waals surface area contributed by atoms with Gasteiger partial charge in [-0.15, -0.1) is 0 Å². The summed E-state index contributed by atoms with van der Waals surface area (Å²) in [6.45, 7) is 0.504. The van der Waals surface area contributed by atoms with E-state index in [1.54, 1.807) is 12.0 Å². The highest BCUT2D eigenvalue weighted by atomic mass is 19.4. The highest BCUT2D eigenvalue weighted by Crippen LogP contribution is 2.27. The number of hydrogen-bond donors (Lipinski definition) is 1. The van der Waals surface area contributed by atoms with E-state index in [1.165, 1.54) is 24.2 Å². The second-order valence-electron chi connectivity index (χ2n) is 6.13. The molecule has 0 bridgehead atoms. The van der Waals surface area contributed by atoms with Crippen molar-refractivity contribution in [2.75, 3.05) is 13.6 Å². The monoisotopic (exact) mass is 330 g/mol. The number of halogens is 3. The van der Waals surface area contributed by atoms with Gasteiger partial charge in [0.05, 0.1) is 0 Å². The fourth-order valence-electron chi connectivity index (χ4n) is 2.97. The molecular formula is C16H21F3N2O2. The van der Waals surface area contributed by atoms with Crippen molar-refractivity contribution in [3.63, 3.8) is 0 Å². The number of pyridine rings is 1. The summed E-state index contributed by atoms with van der Waals surface area (Å²) >= 11 is 0. The normalized spacial score (nSPS) is 16.3. The van der Waals surface area contributed by atoms with Gasteiger partial charge in [-0.2, -0.15) is 13.2 Å². The molecule has 128 valence electrons. The van der Waals surface area contributed by atoms with Gasteiger partial charge in [-0.1, -0.05) is 32.1 Å². The number of alkyl halides is 3. The number of nitrogens with zero attached hydrogens (tertiary/aromatic N) is 1. The predicted molar refractivity (Wildman–Crippen MR) is 80.2 cm³/mol. The van der Waals surface area contributed by atoms with Gasteiger partial charge < -0.3 is 9.88 Å². The lowest BCUT2D eigenvalue weighted by molar-refractivity contribution is -0.141. The van der Waals surface area contributed by atoms with E-state index in [1.807, 2.05) is 0 Å². The molecule has 1 heterocycles. The largest absolute Gasteiger partial charge is 0.431 e. The Morgan fingerprint density at radius 1 is 1.26 bits per heavy atom. The van der Waals surface area contributed by atoms with Crippen LogP contribution in [0.15, 0.2) is 16.9 Å². The van der Waals surface area contributed by atoms with E-state index in [-0.39, 0.29) is 5.56 Å². The van der Waals surface area contributed by atoms with Crippen LogP contribution in [0.2, 0.25) is 0 Å². The summed E-state index contributed by atoms with van der Waals surface area (Å²) in [6, 6.07) is 1.67. The lowest BCUT2D eigenvalue weighted by Crippen LogP contribution is -2.34. The van der Waals surface area contributed by atoms with Gasteiger partial charge in [0.25, 0.3) is 11.5 Å². The van der Waals surface area contributed by atoms with Crippen LogP contribution in [0.25, 0.3) is 0 Å². The lowest BCUT2D eigenvalue weighted by Gasteiger charge is -2.24. The smallest absolute Gasteiger partial charge is 0.342 e. The minimum atomic E-state index is -4.63. The van der Waals surface area contributed by atoms with Crippen LogP contribution in [0.5, 0.6) is 0 Å². The van der Waals surface area contributed by atoms with Crippen LogP contribution in [-0.4, -0.2) is 29.4 Å². The lowest BCUT2D eigenvalue weighted by atomic mass is 9.87. The Kier molecular flexibility index (Phi) is 5.49. The first-order valence-corrected chi connectivity index (χ1v) is 7.85. The van der Waals surface area contributed by atoms with Crippen molar-refractivity contribution in [1.29, 1.82) is 0 Å². The molecule has 4 nitrogen and oxygen atoms in total. The summed E-state index contributed by atoms with van der Waals surface area (Å²) in [5.74, 6) is 0.0423. The van der Waals surface area contributed by atoms with E-state index in [4.69, 9.17) is 0 Å². The molecule has 1 amide bonds. The van der Waals surface area contributed by atoms with Gasteiger partial charge in [-0.25, -0.2) is 0 Å². The summed E-state index contributed by atoms with van der Waals surface area (Å²) < 4.78 is 37.6. The molecule has 23 heavy (non-hydrogen) atoms. The Labute approximate surface area is 132 Å². The zero-order valence-corrected chi connectivity index (χ0v) is 13.1. The number of amides is 1. The minimum Gasteiger partial charge on any atom is -0.342 e. The highest BCUT2D eigenvalue weighted by Gasteiger charge is 2.32. The summed E-state index contributed by atoms with van der Waals surface area (Å²) in [7, 11) is 1.57. The fraction of sp³-hybridized carbons (Fsp3) is 0.625. The molecule has 0 spiro atoms. The minimum absolute atomic E-state index is 0.260.